The van der Waals surface area contributed by atoms with Gasteiger partial charge in [0.2, 0.25) is 0 Å². The van der Waals surface area contributed by atoms with Crippen molar-refractivity contribution >= 4 is 11.8 Å². The van der Waals surface area contributed by atoms with Gasteiger partial charge >= 0.3 is 6.09 Å². The van der Waals surface area contributed by atoms with Crippen LogP contribution < -0.4 is 5.73 Å². The van der Waals surface area contributed by atoms with Crippen LogP contribution in [-0.2, 0) is 11.3 Å². The number of rotatable bonds is 2. The Balaban J connectivity index is 2.14. The van der Waals surface area contributed by atoms with Crippen LogP contribution in [0.15, 0.2) is 18.2 Å². The van der Waals surface area contributed by atoms with Crippen LogP contribution in [0, 0.1) is 6.92 Å². The van der Waals surface area contributed by atoms with Crippen molar-refractivity contribution in [3.05, 3.63) is 29.3 Å². The second kappa shape index (κ2) is 4.43. The lowest BCUT2D eigenvalue weighted by molar-refractivity contribution is 0.0700. The third-order valence-corrected chi connectivity index (χ3v) is 2.91. The lowest BCUT2D eigenvalue weighted by Gasteiger charge is -2.27. The molecule has 1 amide bonds. The van der Waals surface area contributed by atoms with Crippen molar-refractivity contribution in [2.45, 2.75) is 19.9 Å². The maximum atomic E-state index is 11.5. The predicted molar refractivity (Wildman–Crippen MR) is 62.0 cm³/mol. The van der Waals surface area contributed by atoms with Crippen molar-refractivity contribution in [2.75, 3.05) is 18.9 Å². The summed E-state index contributed by atoms with van der Waals surface area (Å²) in [5.74, 6) is 0. The number of ether oxygens (including phenoxy) is 1. The predicted octanol–water partition coefficient (Wildman–Crippen LogP) is 1.92. The number of anilines is 1. The second-order valence-corrected chi connectivity index (χ2v) is 4.02. The Hall–Kier alpha value is -1.71. The number of hydrogen-bond donors (Lipinski definition) is 1. The minimum Gasteiger partial charge on any atom is -0.449 e. The molecule has 0 unspecified atom stereocenters. The molecule has 16 heavy (non-hydrogen) atoms. The van der Waals surface area contributed by atoms with Crippen LogP contribution in [0.4, 0.5) is 10.5 Å². The number of carbonyl (C=O) groups is 1. The highest BCUT2D eigenvalue weighted by atomic mass is 16.6. The highest BCUT2D eigenvalue weighted by Gasteiger charge is 2.20. The van der Waals surface area contributed by atoms with Crippen molar-refractivity contribution in [1.82, 2.24) is 4.90 Å². The van der Waals surface area contributed by atoms with E-state index in [9.17, 15) is 4.79 Å². The summed E-state index contributed by atoms with van der Waals surface area (Å²) in [5.41, 5.74) is 8.72. The van der Waals surface area contributed by atoms with E-state index in [4.69, 9.17) is 10.5 Å². The van der Waals surface area contributed by atoms with Gasteiger partial charge in [0.15, 0.2) is 0 Å². The van der Waals surface area contributed by atoms with E-state index in [1.165, 1.54) is 0 Å². The van der Waals surface area contributed by atoms with E-state index in [0.29, 0.717) is 13.2 Å². The zero-order chi connectivity index (χ0) is 11.5. The summed E-state index contributed by atoms with van der Waals surface area (Å²) in [5, 5.41) is 0. The molecule has 2 rings (SSSR count). The van der Waals surface area contributed by atoms with Gasteiger partial charge in [-0.3, -0.25) is 0 Å². The fourth-order valence-corrected chi connectivity index (χ4v) is 1.82. The highest BCUT2D eigenvalue weighted by Crippen LogP contribution is 2.18. The smallest absolute Gasteiger partial charge is 0.410 e. The van der Waals surface area contributed by atoms with Crippen LogP contribution >= 0.6 is 0 Å². The van der Waals surface area contributed by atoms with Gasteiger partial charge in [-0.05, 0) is 30.5 Å². The minimum absolute atomic E-state index is 0.229. The van der Waals surface area contributed by atoms with Crippen LogP contribution in [0.3, 0.4) is 0 Å². The summed E-state index contributed by atoms with van der Waals surface area (Å²) in [6.45, 7) is 3.84. The number of nitrogen functional groups attached to an aromatic ring is 1. The van der Waals surface area contributed by atoms with Gasteiger partial charge in [-0.15, -0.1) is 0 Å². The molecule has 1 aliphatic heterocycles. The van der Waals surface area contributed by atoms with Crippen molar-refractivity contribution in [2.24, 2.45) is 0 Å². The molecular formula is C12H16N2O2. The molecular weight excluding hydrogens is 204 g/mol. The van der Waals surface area contributed by atoms with Crippen LogP contribution in [0.5, 0.6) is 0 Å². The molecule has 1 fully saturated rings. The quantitative estimate of drug-likeness (QED) is 0.775. The van der Waals surface area contributed by atoms with E-state index < -0.39 is 0 Å². The monoisotopic (exact) mass is 220 g/mol. The fourth-order valence-electron chi connectivity index (χ4n) is 1.82. The second-order valence-electron chi connectivity index (χ2n) is 4.02. The average molecular weight is 220 g/mol. The summed E-state index contributed by atoms with van der Waals surface area (Å²) in [4.78, 5) is 13.2. The molecule has 1 heterocycles. The number of hydrogen-bond acceptors (Lipinski definition) is 3. The SMILES string of the molecule is Cc1c(N)cccc1CN1CCCOC1=O. The molecule has 1 aromatic rings. The molecule has 4 heteroatoms. The van der Waals surface area contributed by atoms with Gasteiger partial charge < -0.3 is 15.4 Å². The van der Waals surface area contributed by atoms with Crippen molar-refractivity contribution < 1.29 is 9.53 Å². The van der Waals surface area contributed by atoms with Gasteiger partial charge in [0.05, 0.1) is 6.61 Å². The number of carbonyl (C=O) groups excluding carboxylic acids is 1. The molecule has 1 aliphatic rings. The molecule has 2 N–H and O–H groups in total. The van der Waals surface area contributed by atoms with Gasteiger partial charge in [0.25, 0.3) is 0 Å². The first-order chi connectivity index (χ1) is 7.68. The number of cyclic esters (lactones) is 1. The zero-order valence-electron chi connectivity index (χ0n) is 9.40. The number of amides is 1. The summed E-state index contributed by atoms with van der Waals surface area (Å²) in [7, 11) is 0. The van der Waals surface area contributed by atoms with Crippen LogP contribution in [0.25, 0.3) is 0 Å². The maximum absolute atomic E-state index is 11.5. The molecule has 4 nitrogen and oxygen atoms in total. The minimum atomic E-state index is -0.229. The van der Waals surface area contributed by atoms with Crippen molar-refractivity contribution in [1.29, 1.82) is 0 Å². The molecule has 1 saturated heterocycles. The van der Waals surface area contributed by atoms with Crippen molar-refractivity contribution in [3.63, 3.8) is 0 Å². The molecule has 0 saturated carbocycles. The lowest BCUT2D eigenvalue weighted by Crippen LogP contribution is -2.37. The number of nitrogens with zero attached hydrogens (tertiary/aromatic N) is 1. The fraction of sp³-hybridized carbons (Fsp3) is 0.417. The molecule has 0 bridgehead atoms. The van der Waals surface area contributed by atoms with Gasteiger partial charge in [0, 0.05) is 18.8 Å². The molecule has 0 aliphatic carbocycles. The van der Waals surface area contributed by atoms with Crippen LogP contribution in [-0.4, -0.2) is 24.1 Å². The van der Waals surface area contributed by atoms with Gasteiger partial charge in [0.1, 0.15) is 0 Å². The topological polar surface area (TPSA) is 55.6 Å². The van der Waals surface area contributed by atoms with E-state index in [-0.39, 0.29) is 6.09 Å². The Labute approximate surface area is 95.0 Å². The van der Waals surface area contributed by atoms with Gasteiger partial charge in [-0.25, -0.2) is 4.79 Å². The molecule has 1 aromatic carbocycles. The Bertz CT molecular complexity index is 404. The number of benzene rings is 1. The summed E-state index contributed by atoms with van der Waals surface area (Å²) < 4.78 is 4.99. The third kappa shape index (κ3) is 2.10. The Morgan fingerprint density at radius 3 is 3.06 bits per heavy atom. The Morgan fingerprint density at radius 2 is 2.31 bits per heavy atom. The molecule has 0 spiro atoms. The first-order valence-electron chi connectivity index (χ1n) is 5.44. The largest absolute Gasteiger partial charge is 0.449 e. The third-order valence-electron chi connectivity index (χ3n) is 2.91. The normalized spacial score (nSPS) is 16.1. The summed E-state index contributed by atoms with van der Waals surface area (Å²) >= 11 is 0. The van der Waals surface area contributed by atoms with Crippen LogP contribution in [0.2, 0.25) is 0 Å². The van der Waals surface area contributed by atoms with Crippen LogP contribution in [0.1, 0.15) is 17.5 Å². The van der Waals surface area contributed by atoms with Crippen molar-refractivity contribution in [3.8, 4) is 0 Å². The molecule has 0 atom stereocenters. The molecule has 0 radical (unpaired) electrons. The maximum Gasteiger partial charge on any atom is 0.410 e. The van der Waals surface area contributed by atoms with E-state index in [2.05, 4.69) is 0 Å². The summed E-state index contributed by atoms with van der Waals surface area (Å²) in [6, 6.07) is 5.77. The van der Waals surface area contributed by atoms with E-state index in [1.807, 2.05) is 25.1 Å². The zero-order valence-corrected chi connectivity index (χ0v) is 9.40. The highest BCUT2D eigenvalue weighted by molar-refractivity contribution is 5.68. The Kier molecular flexibility index (Phi) is 2.99. The van der Waals surface area contributed by atoms with E-state index >= 15 is 0 Å². The molecule has 86 valence electrons. The van der Waals surface area contributed by atoms with E-state index in [1.54, 1.807) is 4.90 Å². The standard InChI is InChI=1S/C12H16N2O2/c1-9-10(4-2-5-11(9)13)8-14-6-3-7-16-12(14)15/h2,4-5H,3,6-8,13H2,1H3. The Morgan fingerprint density at radius 1 is 1.50 bits per heavy atom. The van der Waals surface area contributed by atoms with E-state index in [0.717, 1.165) is 29.8 Å². The first-order valence-corrected chi connectivity index (χ1v) is 5.44. The molecule has 0 aromatic heterocycles. The summed E-state index contributed by atoms with van der Waals surface area (Å²) in [6.07, 6.45) is 0.667. The number of nitrogens with two attached hydrogens (primary N) is 1. The lowest BCUT2D eigenvalue weighted by atomic mass is 10.1. The average Bonchev–Trinajstić information content (AvgIpc) is 2.28. The van der Waals surface area contributed by atoms with Gasteiger partial charge in [-0.1, -0.05) is 12.1 Å². The van der Waals surface area contributed by atoms with Gasteiger partial charge in [-0.2, -0.15) is 0 Å². The first kappa shape index (κ1) is 10.8.